The summed E-state index contributed by atoms with van der Waals surface area (Å²) >= 11 is 5.59. The van der Waals surface area contributed by atoms with Crippen LogP contribution in [0.1, 0.15) is 27.4 Å². The Bertz CT molecular complexity index is 652. The first-order valence-corrected chi connectivity index (χ1v) is 5.85. The lowest BCUT2D eigenvalue weighted by Gasteiger charge is -2.02. The number of benzene rings is 1. The number of ketones is 2. The minimum atomic E-state index is -0.603. The highest BCUT2D eigenvalue weighted by Crippen LogP contribution is 2.17. The predicted molar refractivity (Wildman–Crippen MR) is 67.9 cm³/mol. The molecule has 0 bridgehead atoms. The minimum Gasteiger partial charge on any atom is -0.332 e. The second-order valence-corrected chi connectivity index (χ2v) is 4.42. The monoisotopic (exact) mass is 280 g/mol. The summed E-state index contributed by atoms with van der Waals surface area (Å²) in [5.41, 5.74) is 0.203. The van der Waals surface area contributed by atoms with E-state index in [-0.39, 0.29) is 22.8 Å². The molecule has 0 saturated carbocycles. The summed E-state index contributed by atoms with van der Waals surface area (Å²) < 4.78 is 14.5. The Morgan fingerprint density at radius 1 is 1.37 bits per heavy atom. The van der Waals surface area contributed by atoms with E-state index in [0.717, 1.165) is 6.07 Å². The van der Waals surface area contributed by atoms with Crippen LogP contribution in [0.15, 0.2) is 30.6 Å². The van der Waals surface area contributed by atoms with E-state index in [4.69, 9.17) is 11.6 Å². The maximum atomic E-state index is 13.0. The Kier molecular flexibility index (Phi) is 3.76. The number of rotatable bonds is 4. The zero-order valence-corrected chi connectivity index (χ0v) is 10.8. The van der Waals surface area contributed by atoms with Crippen LogP contribution < -0.4 is 0 Å². The molecular formula is C13H10ClFN2O2. The van der Waals surface area contributed by atoms with Crippen molar-refractivity contribution in [1.82, 2.24) is 9.55 Å². The lowest BCUT2D eigenvalue weighted by atomic mass is 10.1. The van der Waals surface area contributed by atoms with Crippen LogP contribution in [0.5, 0.6) is 0 Å². The molecule has 0 radical (unpaired) electrons. The third-order valence-electron chi connectivity index (χ3n) is 2.63. The minimum absolute atomic E-state index is 0.143. The van der Waals surface area contributed by atoms with Crippen molar-refractivity contribution in [2.75, 3.05) is 0 Å². The molecule has 0 aliphatic carbocycles. The molecule has 1 heterocycles. The van der Waals surface area contributed by atoms with Gasteiger partial charge in [-0.3, -0.25) is 9.59 Å². The van der Waals surface area contributed by atoms with Crippen LogP contribution in [0.3, 0.4) is 0 Å². The van der Waals surface area contributed by atoms with Gasteiger partial charge < -0.3 is 4.57 Å². The first-order chi connectivity index (χ1) is 8.99. The highest BCUT2D eigenvalue weighted by molar-refractivity contribution is 6.31. The zero-order chi connectivity index (χ0) is 14.0. The number of halogens is 2. The van der Waals surface area contributed by atoms with E-state index < -0.39 is 17.4 Å². The molecule has 2 aromatic rings. The van der Waals surface area contributed by atoms with E-state index in [1.165, 1.54) is 22.9 Å². The van der Waals surface area contributed by atoms with Crippen LogP contribution in [-0.4, -0.2) is 21.1 Å². The van der Waals surface area contributed by atoms with Gasteiger partial charge in [0.1, 0.15) is 5.82 Å². The lowest BCUT2D eigenvalue weighted by Crippen LogP contribution is -2.13. The first kappa shape index (κ1) is 13.4. The summed E-state index contributed by atoms with van der Waals surface area (Å²) in [6.45, 7) is 0. The van der Waals surface area contributed by atoms with Gasteiger partial charge in [0.15, 0.2) is 11.6 Å². The zero-order valence-electron chi connectivity index (χ0n) is 10.1. The molecule has 0 N–H and O–H groups in total. The third-order valence-corrected chi connectivity index (χ3v) is 2.92. The van der Waals surface area contributed by atoms with Gasteiger partial charge in [-0.2, -0.15) is 0 Å². The fraction of sp³-hybridized carbons (Fsp3) is 0.154. The number of aryl methyl sites for hydroxylation is 1. The SMILES string of the molecule is Cn1ccnc1C(=O)CC(=O)c1ccc(F)c(Cl)c1. The second-order valence-electron chi connectivity index (χ2n) is 4.01. The Hall–Kier alpha value is -2.01. The van der Waals surface area contributed by atoms with Crippen molar-refractivity contribution >= 4 is 23.2 Å². The molecule has 1 aromatic heterocycles. The molecule has 0 saturated heterocycles. The first-order valence-electron chi connectivity index (χ1n) is 5.48. The Labute approximate surface area is 113 Å². The third kappa shape index (κ3) is 2.88. The molecule has 0 spiro atoms. The molecule has 4 nitrogen and oxygen atoms in total. The number of hydrogen-bond acceptors (Lipinski definition) is 3. The number of nitrogens with zero attached hydrogens (tertiary/aromatic N) is 2. The quantitative estimate of drug-likeness (QED) is 0.639. The van der Waals surface area contributed by atoms with Gasteiger partial charge in [0.2, 0.25) is 5.78 Å². The molecule has 6 heteroatoms. The number of imidazole rings is 1. The van der Waals surface area contributed by atoms with Crippen LogP contribution in [-0.2, 0) is 7.05 Å². The van der Waals surface area contributed by atoms with E-state index in [2.05, 4.69) is 4.98 Å². The normalized spacial score (nSPS) is 10.5. The average molecular weight is 281 g/mol. The predicted octanol–water partition coefficient (Wildman–Crippen LogP) is 2.67. The molecule has 0 fully saturated rings. The molecule has 1 aromatic carbocycles. The van der Waals surface area contributed by atoms with Gasteiger partial charge in [-0.15, -0.1) is 0 Å². The average Bonchev–Trinajstić information content (AvgIpc) is 2.79. The van der Waals surface area contributed by atoms with E-state index in [9.17, 15) is 14.0 Å². The van der Waals surface area contributed by atoms with Gasteiger partial charge in [-0.25, -0.2) is 9.37 Å². The van der Waals surface area contributed by atoms with Crippen molar-refractivity contribution < 1.29 is 14.0 Å². The fourth-order valence-corrected chi connectivity index (χ4v) is 1.81. The topological polar surface area (TPSA) is 52.0 Å². The van der Waals surface area contributed by atoms with Crippen molar-refractivity contribution in [3.8, 4) is 0 Å². The summed E-state index contributed by atoms with van der Waals surface area (Å²) in [6.07, 6.45) is 2.77. The highest BCUT2D eigenvalue weighted by atomic mass is 35.5. The van der Waals surface area contributed by atoms with Gasteiger partial charge in [0, 0.05) is 25.0 Å². The molecule has 0 aliphatic rings. The van der Waals surface area contributed by atoms with Gasteiger partial charge in [0.25, 0.3) is 0 Å². The van der Waals surface area contributed by atoms with Crippen LogP contribution in [0.2, 0.25) is 5.02 Å². The van der Waals surface area contributed by atoms with Gasteiger partial charge >= 0.3 is 0 Å². The molecule has 2 rings (SSSR count). The molecule has 0 unspecified atom stereocenters. The lowest BCUT2D eigenvalue weighted by molar-refractivity contribution is 0.0886. The number of carbonyl (C=O) groups is 2. The number of carbonyl (C=O) groups excluding carboxylic acids is 2. The van der Waals surface area contributed by atoms with E-state index >= 15 is 0 Å². The maximum absolute atomic E-state index is 13.0. The van der Waals surface area contributed by atoms with Crippen molar-refractivity contribution in [3.05, 3.63) is 52.8 Å². The number of aromatic nitrogens is 2. The van der Waals surface area contributed by atoms with Crippen molar-refractivity contribution in [2.45, 2.75) is 6.42 Å². The molecular weight excluding hydrogens is 271 g/mol. The number of hydrogen-bond donors (Lipinski definition) is 0. The summed E-state index contributed by atoms with van der Waals surface area (Å²) in [5, 5.41) is -0.143. The van der Waals surface area contributed by atoms with Crippen LogP contribution in [0.25, 0.3) is 0 Å². The molecule has 19 heavy (non-hydrogen) atoms. The number of Topliss-reactive ketones (excluding diaryl/α,β-unsaturated/α-hetero) is 2. The van der Waals surface area contributed by atoms with Crippen LogP contribution >= 0.6 is 11.6 Å². The summed E-state index contributed by atoms with van der Waals surface area (Å²) in [5.74, 6) is -1.21. The Balaban J connectivity index is 2.15. The Morgan fingerprint density at radius 2 is 2.11 bits per heavy atom. The highest BCUT2D eigenvalue weighted by Gasteiger charge is 2.17. The molecule has 0 aliphatic heterocycles. The largest absolute Gasteiger partial charge is 0.332 e. The van der Waals surface area contributed by atoms with Crippen molar-refractivity contribution in [1.29, 1.82) is 0 Å². The fourth-order valence-electron chi connectivity index (χ4n) is 1.63. The van der Waals surface area contributed by atoms with Crippen LogP contribution in [0, 0.1) is 5.82 Å². The van der Waals surface area contributed by atoms with Gasteiger partial charge in [0.05, 0.1) is 11.4 Å². The van der Waals surface area contributed by atoms with E-state index in [0.29, 0.717) is 0 Å². The molecule has 0 atom stereocenters. The Morgan fingerprint density at radius 3 is 2.68 bits per heavy atom. The summed E-state index contributed by atoms with van der Waals surface area (Å²) in [6, 6.07) is 3.61. The van der Waals surface area contributed by atoms with Crippen LogP contribution in [0.4, 0.5) is 4.39 Å². The van der Waals surface area contributed by atoms with E-state index in [1.807, 2.05) is 0 Å². The van der Waals surface area contributed by atoms with Crippen molar-refractivity contribution in [2.24, 2.45) is 7.05 Å². The molecule has 98 valence electrons. The van der Waals surface area contributed by atoms with E-state index in [1.54, 1.807) is 13.2 Å². The smallest absolute Gasteiger partial charge is 0.205 e. The molecule has 0 amide bonds. The second kappa shape index (κ2) is 5.32. The summed E-state index contributed by atoms with van der Waals surface area (Å²) in [7, 11) is 1.67. The van der Waals surface area contributed by atoms with Crippen molar-refractivity contribution in [3.63, 3.8) is 0 Å². The standard InChI is InChI=1S/C13H10ClFN2O2/c1-17-5-4-16-13(17)12(19)7-11(18)8-2-3-10(15)9(14)6-8/h2-6H,7H2,1H3. The van der Waals surface area contributed by atoms with Gasteiger partial charge in [-0.1, -0.05) is 11.6 Å². The summed E-state index contributed by atoms with van der Waals surface area (Å²) in [4.78, 5) is 27.6. The van der Waals surface area contributed by atoms with Gasteiger partial charge in [-0.05, 0) is 18.2 Å². The maximum Gasteiger partial charge on any atom is 0.205 e.